The Balaban J connectivity index is 1.62. The van der Waals surface area contributed by atoms with Crippen molar-refractivity contribution in [2.24, 2.45) is 0 Å². The van der Waals surface area contributed by atoms with E-state index in [0.717, 1.165) is 11.3 Å². The van der Waals surface area contributed by atoms with Gasteiger partial charge < -0.3 is 10.2 Å². The summed E-state index contributed by atoms with van der Waals surface area (Å²) in [5, 5.41) is 3.10. The number of amides is 1. The molecule has 1 amide bonds. The Morgan fingerprint density at radius 2 is 1.81 bits per heavy atom. The normalized spacial score (nSPS) is 10.4. The third kappa shape index (κ3) is 4.42. The minimum absolute atomic E-state index is 0.208. The van der Waals surface area contributed by atoms with Gasteiger partial charge in [0.2, 0.25) is 5.95 Å². The first-order valence-corrected chi connectivity index (χ1v) is 8.28. The van der Waals surface area contributed by atoms with Crippen LogP contribution in [-0.2, 0) is 6.42 Å². The number of carbonyl (C=O) groups excluding carboxylic acids is 1. The van der Waals surface area contributed by atoms with Crippen LogP contribution >= 0.6 is 0 Å². The highest BCUT2D eigenvalue weighted by Crippen LogP contribution is 2.14. The first kappa shape index (κ1) is 17.5. The summed E-state index contributed by atoms with van der Waals surface area (Å²) in [6.45, 7) is 0.581. The molecule has 0 atom stereocenters. The molecule has 0 bridgehead atoms. The molecule has 5 nitrogen and oxygen atoms in total. The van der Waals surface area contributed by atoms with Crippen LogP contribution in [0.2, 0.25) is 0 Å². The lowest BCUT2D eigenvalue weighted by Gasteiger charge is -2.17. The fraction of sp³-hybridized carbons (Fsp3) is 0.150. The number of anilines is 2. The lowest BCUT2D eigenvalue weighted by molar-refractivity contribution is 0.0988. The van der Waals surface area contributed by atoms with E-state index in [9.17, 15) is 9.18 Å². The molecule has 0 radical (unpaired) electrons. The number of carbonyl (C=O) groups is 1. The van der Waals surface area contributed by atoms with Gasteiger partial charge in [-0.05, 0) is 42.3 Å². The van der Waals surface area contributed by atoms with Crippen LogP contribution in [0.3, 0.4) is 0 Å². The summed E-state index contributed by atoms with van der Waals surface area (Å²) in [5.74, 6) is -0.0709. The number of nitrogens with one attached hydrogen (secondary N) is 1. The number of benzene rings is 2. The van der Waals surface area contributed by atoms with E-state index in [-0.39, 0.29) is 11.7 Å². The van der Waals surface area contributed by atoms with Crippen molar-refractivity contribution in [1.29, 1.82) is 0 Å². The molecule has 3 rings (SSSR count). The van der Waals surface area contributed by atoms with Gasteiger partial charge in [-0.2, -0.15) is 0 Å². The lowest BCUT2D eigenvalue weighted by Crippen LogP contribution is -2.27. The molecule has 0 aliphatic rings. The van der Waals surface area contributed by atoms with Crippen LogP contribution in [0.4, 0.5) is 16.0 Å². The number of halogens is 1. The van der Waals surface area contributed by atoms with Crippen LogP contribution in [-0.4, -0.2) is 29.5 Å². The Hall–Kier alpha value is -3.28. The summed E-state index contributed by atoms with van der Waals surface area (Å²) in [5.41, 5.74) is 2.12. The Bertz CT molecular complexity index is 868. The highest BCUT2D eigenvalue weighted by atomic mass is 19.1. The van der Waals surface area contributed by atoms with Crippen molar-refractivity contribution >= 4 is 17.5 Å². The summed E-state index contributed by atoms with van der Waals surface area (Å²) in [7, 11) is 1.71. The molecule has 26 heavy (non-hydrogen) atoms. The maximum atomic E-state index is 12.9. The Morgan fingerprint density at radius 1 is 1.08 bits per heavy atom. The molecule has 0 aliphatic carbocycles. The van der Waals surface area contributed by atoms with Crippen molar-refractivity contribution in [3.05, 3.63) is 83.9 Å². The Kier molecular flexibility index (Phi) is 5.53. The fourth-order valence-electron chi connectivity index (χ4n) is 2.47. The molecule has 0 unspecified atom stereocenters. The van der Waals surface area contributed by atoms with E-state index in [1.807, 2.05) is 30.3 Å². The van der Waals surface area contributed by atoms with E-state index in [1.165, 1.54) is 12.1 Å². The number of hydrogen-bond acceptors (Lipinski definition) is 4. The minimum Gasteiger partial charge on any atom is -0.354 e. The maximum Gasteiger partial charge on any atom is 0.276 e. The van der Waals surface area contributed by atoms with Crippen LogP contribution in [0.25, 0.3) is 0 Å². The van der Waals surface area contributed by atoms with Gasteiger partial charge in [-0.25, -0.2) is 14.4 Å². The Labute approximate surface area is 151 Å². The van der Waals surface area contributed by atoms with Gasteiger partial charge in [0.15, 0.2) is 0 Å². The molecule has 0 fully saturated rings. The lowest BCUT2D eigenvalue weighted by atomic mass is 10.1. The van der Waals surface area contributed by atoms with Crippen LogP contribution in [0.5, 0.6) is 0 Å². The zero-order valence-electron chi connectivity index (χ0n) is 14.4. The van der Waals surface area contributed by atoms with Crippen molar-refractivity contribution < 1.29 is 9.18 Å². The molecule has 0 aliphatic heterocycles. The maximum absolute atomic E-state index is 12.9. The van der Waals surface area contributed by atoms with Gasteiger partial charge in [0.25, 0.3) is 5.91 Å². The molecule has 0 saturated carbocycles. The minimum atomic E-state index is -0.251. The van der Waals surface area contributed by atoms with Crippen molar-refractivity contribution in [3.8, 4) is 0 Å². The largest absolute Gasteiger partial charge is 0.354 e. The third-order valence-electron chi connectivity index (χ3n) is 3.93. The van der Waals surface area contributed by atoms with E-state index >= 15 is 0 Å². The third-order valence-corrected chi connectivity index (χ3v) is 3.93. The number of rotatable bonds is 6. The molecule has 2 aromatic carbocycles. The van der Waals surface area contributed by atoms with E-state index in [4.69, 9.17) is 0 Å². The van der Waals surface area contributed by atoms with Crippen LogP contribution in [0.15, 0.2) is 66.9 Å². The number of nitrogens with zero attached hydrogens (tertiary/aromatic N) is 3. The van der Waals surface area contributed by atoms with Gasteiger partial charge in [-0.15, -0.1) is 0 Å². The molecule has 132 valence electrons. The van der Waals surface area contributed by atoms with Crippen LogP contribution in [0.1, 0.15) is 16.1 Å². The standard InChI is InChI=1S/C20H19FN4O/c1-25(17-5-3-2-4-6-17)19(26)18-12-14-23-20(24-18)22-13-11-15-7-9-16(21)10-8-15/h2-10,12,14H,11,13H2,1H3,(H,22,23,24). The van der Waals surface area contributed by atoms with Crippen molar-refractivity contribution in [2.45, 2.75) is 6.42 Å². The number of aromatic nitrogens is 2. The average molecular weight is 350 g/mol. The van der Waals surface area contributed by atoms with Crippen molar-refractivity contribution in [2.75, 3.05) is 23.8 Å². The topological polar surface area (TPSA) is 58.1 Å². The molecular formula is C20H19FN4O. The molecule has 1 N–H and O–H groups in total. The summed E-state index contributed by atoms with van der Waals surface area (Å²) in [4.78, 5) is 22.6. The summed E-state index contributed by atoms with van der Waals surface area (Å²) >= 11 is 0. The molecule has 6 heteroatoms. The number of para-hydroxylation sites is 1. The predicted molar refractivity (Wildman–Crippen MR) is 99.8 cm³/mol. The van der Waals surface area contributed by atoms with Gasteiger partial charge in [-0.3, -0.25) is 4.79 Å². The summed E-state index contributed by atoms with van der Waals surface area (Å²) in [6, 6.07) is 17.3. The number of hydrogen-bond donors (Lipinski definition) is 1. The van der Waals surface area contributed by atoms with E-state index in [2.05, 4.69) is 15.3 Å². The molecule has 3 aromatic rings. The van der Waals surface area contributed by atoms with Gasteiger partial charge in [0, 0.05) is 25.5 Å². The summed E-state index contributed by atoms with van der Waals surface area (Å²) < 4.78 is 12.9. The smallest absolute Gasteiger partial charge is 0.276 e. The molecular weight excluding hydrogens is 331 g/mol. The fourth-order valence-corrected chi connectivity index (χ4v) is 2.47. The first-order valence-electron chi connectivity index (χ1n) is 8.28. The molecule has 0 spiro atoms. The van der Waals surface area contributed by atoms with E-state index in [1.54, 1.807) is 36.3 Å². The average Bonchev–Trinajstić information content (AvgIpc) is 2.69. The summed E-state index contributed by atoms with van der Waals surface area (Å²) in [6.07, 6.45) is 2.25. The van der Waals surface area contributed by atoms with E-state index in [0.29, 0.717) is 24.6 Å². The predicted octanol–water partition coefficient (Wildman–Crippen LogP) is 3.55. The van der Waals surface area contributed by atoms with Crippen molar-refractivity contribution in [1.82, 2.24) is 9.97 Å². The second kappa shape index (κ2) is 8.20. The quantitative estimate of drug-likeness (QED) is 0.739. The van der Waals surface area contributed by atoms with Gasteiger partial charge >= 0.3 is 0 Å². The van der Waals surface area contributed by atoms with Gasteiger partial charge in [0.05, 0.1) is 0 Å². The van der Waals surface area contributed by atoms with Crippen LogP contribution < -0.4 is 10.2 Å². The molecule has 1 heterocycles. The van der Waals surface area contributed by atoms with Crippen LogP contribution in [0, 0.1) is 5.82 Å². The van der Waals surface area contributed by atoms with E-state index < -0.39 is 0 Å². The first-order chi connectivity index (χ1) is 12.6. The SMILES string of the molecule is CN(C(=O)c1ccnc(NCCc2ccc(F)cc2)n1)c1ccccc1. The van der Waals surface area contributed by atoms with Gasteiger partial charge in [-0.1, -0.05) is 30.3 Å². The van der Waals surface area contributed by atoms with Crippen molar-refractivity contribution in [3.63, 3.8) is 0 Å². The van der Waals surface area contributed by atoms with Gasteiger partial charge in [0.1, 0.15) is 11.5 Å². The second-order valence-electron chi connectivity index (χ2n) is 5.77. The second-order valence-corrected chi connectivity index (χ2v) is 5.77. The zero-order valence-corrected chi connectivity index (χ0v) is 14.4. The Morgan fingerprint density at radius 3 is 2.54 bits per heavy atom. The highest BCUT2D eigenvalue weighted by molar-refractivity contribution is 6.04. The zero-order chi connectivity index (χ0) is 18.4. The highest BCUT2D eigenvalue weighted by Gasteiger charge is 2.15. The molecule has 0 saturated heterocycles. The monoisotopic (exact) mass is 350 g/mol. The molecule has 1 aromatic heterocycles.